The Balaban J connectivity index is 0.000000130. The van der Waals surface area contributed by atoms with Crippen LogP contribution in [-0.2, 0) is 47.9 Å². The SMILES string of the molecule is CC(=O)N(C)C12CC(C(C)(C)C)(C1)C2.CC(=O)N(C)C12CC(C1)C2.CC(=O)NC12CC(C(C)(C)C)(C1)C2.CC(=O)NC12CC(C(C)(C)O)(C1)C2.CC(=O)NC12CC(C(C)C)(C1)C2.CC(=O)NC12CC(C)(C1)C2.CC(=O)NC12CC(C)(C1)C2.CC(=O)NC12CC(C1)C2.CC(C)(C)C(=O)NC12CC(C(C)(C)C)(C1)C2.CC(C)(C)C(=O)NC12CC(C1)C2. The Morgan fingerprint density at radius 3 is 0.689 bits per heavy atom. The molecule has 0 heterocycles. The van der Waals surface area contributed by atoms with Gasteiger partial charge in [-0.05, 0) is 279 Å². The molecule has 0 aliphatic heterocycles. The third-order valence-corrected chi connectivity index (χ3v) is 35.3. The van der Waals surface area contributed by atoms with E-state index >= 15 is 0 Å². The lowest BCUT2D eigenvalue weighted by Gasteiger charge is -2.77. The first-order valence-corrected chi connectivity index (χ1v) is 46.2. The Labute approximate surface area is 717 Å². The van der Waals surface area contributed by atoms with Crippen LogP contribution in [0.1, 0.15) is 393 Å². The predicted octanol–water partition coefficient (Wildman–Crippen LogP) is 15.7. The fourth-order valence-electron chi connectivity index (χ4n) is 27.2. The number of aliphatic hydroxyl groups is 1. The van der Waals surface area contributed by atoms with Gasteiger partial charge in [-0.2, -0.15) is 0 Å². The lowest BCUT2D eigenvalue weighted by molar-refractivity contribution is -0.256. The van der Waals surface area contributed by atoms with E-state index < -0.39 is 5.60 Å². The molecule has 0 radical (unpaired) electrons. The summed E-state index contributed by atoms with van der Waals surface area (Å²) in [6.07, 6.45) is 35.8. The zero-order valence-corrected chi connectivity index (χ0v) is 80.4. The van der Waals surface area contributed by atoms with E-state index in [9.17, 15) is 53.1 Å². The molecule has 21 heteroatoms. The predicted molar refractivity (Wildman–Crippen MR) is 469 cm³/mol. The Bertz CT molecular complexity index is 3740. The highest BCUT2D eigenvalue weighted by Gasteiger charge is 2.77. The number of rotatable bonds is 12. The standard InChI is InChI=1S/C14H25NO.C12H21NO.C11H19NO.C10H17NO2.2C10H17NO.3C8H13NO.C7H11NO/c1-11(2,3)10(16)15-14-7-13(8-14,9-14)12(4,5)6;1-9(14)13(5)12-6-11(7-12,8-12)10(2,3)4;1-8(13)12-11-5-10(6-11,7-11)9(2,3)4;1-7(12)11-10-4-9(5-10,6-10)8(2,3)13;1-9(2,3)8(12)11-10-4-7(5-10)6-10;1-7(2)9-4-10(5-9,6-9)11-8(3)12;1-6(10)9(2)8-3-7(4-8)5-8;2*1-6(10)9-8-3-7(2,4-8)5-8;1-5(9)8-7-2-6(3-7)4-7/h7-9H2,1-6H3,(H,15,16);6-8H2,1-5H3;5-7H2,1-4H3,(H,12,13);13H,4-6H2,1-3H3,(H,11,12);2*7H,4-6H2,1-3H3,(H,11,12);7H,3-5H2,1-2H3;2*3-5H2,1-2H3,(H,9,10);6H,2-4H2,1H3,(H,8,9). The first-order valence-electron chi connectivity index (χ1n) is 46.2. The molecule has 30 aliphatic carbocycles. The summed E-state index contributed by atoms with van der Waals surface area (Å²) in [6, 6.07) is 0. The summed E-state index contributed by atoms with van der Waals surface area (Å²) in [6.45, 7) is 58.5. The molecule has 674 valence electrons. The van der Waals surface area contributed by atoms with Crippen LogP contribution in [0.3, 0.4) is 0 Å². The summed E-state index contributed by atoms with van der Waals surface area (Å²) in [4.78, 5) is 114. The summed E-state index contributed by atoms with van der Waals surface area (Å²) >= 11 is 0. The maximum absolute atomic E-state index is 11.9. The zero-order chi connectivity index (χ0) is 89.6. The van der Waals surface area contributed by atoms with Crippen molar-refractivity contribution in [3.05, 3.63) is 0 Å². The largest absolute Gasteiger partial charge is 0.390 e. The van der Waals surface area contributed by atoms with Gasteiger partial charge in [-0.3, -0.25) is 47.9 Å². The molecule has 0 unspecified atom stereocenters. The van der Waals surface area contributed by atoms with Crippen molar-refractivity contribution in [2.24, 2.45) is 88.7 Å². The van der Waals surface area contributed by atoms with Gasteiger partial charge in [-0.15, -0.1) is 0 Å². The molecular weight excluding hydrogens is 1490 g/mol. The second kappa shape index (κ2) is 29.4. The third-order valence-electron chi connectivity index (χ3n) is 35.3. The molecule has 30 saturated carbocycles. The molecule has 0 aromatic heterocycles. The first-order chi connectivity index (χ1) is 53.6. The number of carbonyl (C=O) groups excluding carboxylic acids is 10. The molecule has 9 N–H and O–H groups in total. The molecular formula is C98H166N10O11. The summed E-state index contributed by atoms with van der Waals surface area (Å²) < 4.78 is 0. The van der Waals surface area contributed by atoms with Crippen molar-refractivity contribution in [2.45, 2.75) is 454 Å². The van der Waals surface area contributed by atoms with Crippen LogP contribution in [0.2, 0.25) is 0 Å². The number of carbonyl (C=O) groups is 10. The van der Waals surface area contributed by atoms with E-state index in [1.807, 2.05) is 79.3 Å². The molecule has 0 atom stereocenters. The molecule has 119 heavy (non-hydrogen) atoms. The van der Waals surface area contributed by atoms with Crippen LogP contribution in [0.4, 0.5) is 0 Å². The Kier molecular flexibility index (Phi) is 23.3. The van der Waals surface area contributed by atoms with Crippen LogP contribution in [0.25, 0.3) is 0 Å². The van der Waals surface area contributed by atoms with Gasteiger partial charge in [0.1, 0.15) is 0 Å². The van der Waals surface area contributed by atoms with Gasteiger partial charge >= 0.3 is 0 Å². The lowest BCUT2D eigenvalue weighted by atomic mass is 9.32. The molecule has 30 rings (SSSR count). The van der Waals surface area contributed by atoms with E-state index in [2.05, 4.69) is 133 Å². The van der Waals surface area contributed by atoms with Gasteiger partial charge in [-0.1, -0.05) is 132 Å². The highest BCUT2D eigenvalue weighted by atomic mass is 16.3. The van der Waals surface area contributed by atoms with Gasteiger partial charge in [0.15, 0.2) is 0 Å². The van der Waals surface area contributed by atoms with Gasteiger partial charge in [0.25, 0.3) is 0 Å². The fourth-order valence-corrected chi connectivity index (χ4v) is 27.2. The first kappa shape index (κ1) is 94.3. The third kappa shape index (κ3) is 17.6. The summed E-state index contributed by atoms with van der Waals surface area (Å²) in [7, 11) is 3.88. The average molecular weight is 1660 g/mol. The molecule has 30 aliphatic rings. The fraction of sp³-hybridized carbons (Fsp3) is 0.898. The van der Waals surface area contributed by atoms with Gasteiger partial charge in [0, 0.05) is 141 Å². The molecule has 0 aromatic rings. The maximum atomic E-state index is 11.9. The smallest absolute Gasteiger partial charge is 0.225 e. The lowest BCUT2D eigenvalue weighted by Crippen LogP contribution is -2.79. The normalized spacial score (nSPS) is 42.2. The molecule has 10 amide bonds. The molecule has 0 aromatic carbocycles. The van der Waals surface area contributed by atoms with E-state index in [0.717, 1.165) is 42.9 Å². The van der Waals surface area contributed by atoms with Crippen molar-refractivity contribution in [1.29, 1.82) is 0 Å². The second-order valence-electron chi connectivity index (χ2n) is 52.1. The quantitative estimate of drug-likeness (QED) is 0.0885. The minimum absolute atomic E-state index is 0.0454. The summed E-state index contributed by atoms with van der Waals surface area (Å²) in [5.41, 5.74) is 5.88. The second-order valence-corrected chi connectivity index (χ2v) is 52.1. The summed E-state index contributed by atoms with van der Waals surface area (Å²) in [5, 5.41) is 34.4. The van der Waals surface area contributed by atoms with Crippen molar-refractivity contribution >= 4 is 59.1 Å². The van der Waals surface area contributed by atoms with Crippen molar-refractivity contribution in [1.82, 2.24) is 52.3 Å². The van der Waals surface area contributed by atoms with Crippen molar-refractivity contribution in [3.8, 4) is 0 Å². The highest BCUT2D eigenvalue weighted by molar-refractivity contribution is 5.84. The Hall–Kier alpha value is -5.34. The minimum Gasteiger partial charge on any atom is -0.390 e. The zero-order valence-electron chi connectivity index (χ0n) is 80.4. The molecule has 0 spiro atoms. The summed E-state index contributed by atoms with van der Waals surface area (Å²) in [5.74, 6) is 5.17. The van der Waals surface area contributed by atoms with Gasteiger partial charge in [-0.25, -0.2) is 0 Å². The highest BCUT2D eigenvalue weighted by Crippen LogP contribution is 2.78. The van der Waals surface area contributed by atoms with Gasteiger partial charge in [0.05, 0.1) is 5.60 Å². The number of hydrogen-bond acceptors (Lipinski definition) is 11. The van der Waals surface area contributed by atoms with Gasteiger partial charge in [0.2, 0.25) is 59.1 Å². The van der Waals surface area contributed by atoms with E-state index in [4.69, 9.17) is 0 Å². The molecule has 21 nitrogen and oxygen atoms in total. The number of nitrogens with zero attached hydrogens (tertiary/aromatic N) is 2. The van der Waals surface area contributed by atoms with E-state index in [-0.39, 0.29) is 125 Å². The molecule has 0 saturated heterocycles. The van der Waals surface area contributed by atoms with Crippen LogP contribution < -0.4 is 42.5 Å². The van der Waals surface area contributed by atoms with Crippen LogP contribution in [0.15, 0.2) is 0 Å². The number of nitrogens with one attached hydrogen (secondary N) is 8. The molecule has 20 bridgehead atoms. The topological polar surface area (TPSA) is 294 Å². The van der Waals surface area contributed by atoms with E-state index in [1.54, 1.807) is 55.4 Å². The number of amides is 10. The Morgan fingerprint density at radius 2 is 0.504 bits per heavy atom. The van der Waals surface area contributed by atoms with Crippen LogP contribution in [0, 0.1) is 88.7 Å². The number of hydrogen-bond donors (Lipinski definition) is 9. The van der Waals surface area contributed by atoms with Crippen molar-refractivity contribution in [3.63, 3.8) is 0 Å². The van der Waals surface area contributed by atoms with Crippen molar-refractivity contribution in [2.75, 3.05) is 14.1 Å². The van der Waals surface area contributed by atoms with E-state index in [1.165, 1.54) is 173 Å². The monoisotopic (exact) mass is 1660 g/mol. The Morgan fingerprint density at radius 1 is 0.294 bits per heavy atom. The molecule has 30 fully saturated rings. The van der Waals surface area contributed by atoms with Crippen LogP contribution in [0.5, 0.6) is 0 Å². The average Bonchev–Trinajstić information content (AvgIpc) is 0.659. The van der Waals surface area contributed by atoms with E-state index in [0.29, 0.717) is 54.3 Å². The van der Waals surface area contributed by atoms with Crippen LogP contribution >= 0.6 is 0 Å². The van der Waals surface area contributed by atoms with Crippen molar-refractivity contribution < 1.29 is 53.1 Å². The minimum atomic E-state index is -0.590. The van der Waals surface area contributed by atoms with Gasteiger partial charge < -0.3 is 57.4 Å². The van der Waals surface area contributed by atoms with Crippen LogP contribution in [-0.4, -0.2) is 149 Å². The maximum Gasteiger partial charge on any atom is 0.225 e.